The summed E-state index contributed by atoms with van der Waals surface area (Å²) in [5.74, 6) is 1.09. The molecular formula is C13H11BrN2O2. The van der Waals surface area contributed by atoms with Crippen molar-refractivity contribution in [1.82, 2.24) is 5.43 Å². The molecule has 5 heteroatoms. The Bertz CT molecular complexity index is 556. The van der Waals surface area contributed by atoms with Gasteiger partial charge in [-0.15, -0.1) is 0 Å². The van der Waals surface area contributed by atoms with E-state index in [4.69, 9.17) is 4.42 Å². The Morgan fingerprint density at radius 3 is 2.72 bits per heavy atom. The van der Waals surface area contributed by atoms with Crippen LogP contribution in [-0.2, 0) is 0 Å². The van der Waals surface area contributed by atoms with Crippen molar-refractivity contribution in [2.45, 2.75) is 6.92 Å². The second-order valence-corrected chi connectivity index (χ2v) is 4.47. The molecule has 0 bridgehead atoms. The summed E-state index contributed by atoms with van der Waals surface area (Å²) in [7, 11) is 0. The van der Waals surface area contributed by atoms with Crippen molar-refractivity contribution in [2.75, 3.05) is 0 Å². The monoisotopic (exact) mass is 306 g/mol. The molecule has 2 rings (SSSR count). The standard InChI is InChI=1S/C13H11BrN2O2/c1-9-12(14)7-11(18-9)8-15-16-13(17)10-5-3-2-4-6-10/h2-8H,1H3,(H,16,17)/b15-8+. The van der Waals surface area contributed by atoms with Crippen molar-refractivity contribution in [3.05, 3.63) is 58.0 Å². The van der Waals surface area contributed by atoms with E-state index in [-0.39, 0.29) is 5.91 Å². The first kappa shape index (κ1) is 12.6. The maximum Gasteiger partial charge on any atom is 0.271 e. The zero-order chi connectivity index (χ0) is 13.0. The van der Waals surface area contributed by atoms with E-state index in [0.717, 1.165) is 10.2 Å². The van der Waals surface area contributed by atoms with Crippen LogP contribution in [0.3, 0.4) is 0 Å². The summed E-state index contributed by atoms with van der Waals surface area (Å²) in [5.41, 5.74) is 2.99. The predicted octanol–water partition coefficient (Wildman–Crippen LogP) is 3.11. The Morgan fingerprint density at radius 2 is 2.11 bits per heavy atom. The molecule has 18 heavy (non-hydrogen) atoms. The third-order valence-corrected chi connectivity index (χ3v) is 3.06. The molecule has 1 heterocycles. The molecule has 0 aliphatic carbocycles. The molecule has 0 saturated heterocycles. The van der Waals surface area contributed by atoms with E-state index in [1.807, 2.05) is 13.0 Å². The van der Waals surface area contributed by atoms with Crippen LogP contribution in [0, 0.1) is 6.92 Å². The lowest BCUT2D eigenvalue weighted by molar-refractivity contribution is 0.0955. The molecule has 0 aliphatic heterocycles. The van der Waals surface area contributed by atoms with E-state index < -0.39 is 0 Å². The lowest BCUT2D eigenvalue weighted by Crippen LogP contribution is -2.17. The summed E-state index contributed by atoms with van der Waals surface area (Å²) >= 11 is 3.33. The molecule has 1 aromatic carbocycles. The zero-order valence-electron chi connectivity index (χ0n) is 9.68. The average molecular weight is 307 g/mol. The van der Waals surface area contributed by atoms with E-state index in [1.165, 1.54) is 6.21 Å². The fourth-order valence-corrected chi connectivity index (χ4v) is 1.66. The third-order valence-electron chi connectivity index (χ3n) is 2.27. The van der Waals surface area contributed by atoms with Crippen LogP contribution >= 0.6 is 15.9 Å². The summed E-state index contributed by atoms with van der Waals surface area (Å²) in [4.78, 5) is 11.6. The normalized spacial score (nSPS) is 10.8. The molecule has 1 N–H and O–H groups in total. The lowest BCUT2D eigenvalue weighted by atomic mass is 10.2. The molecule has 4 nitrogen and oxygen atoms in total. The van der Waals surface area contributed by atoms with Crippen LogP contribution in [0.1, 0.15) is 21.9 Å². The average Bonchev–Trinajstić information content (AvgIpc) is 2.69. The molecule has 0 aliphatic rings. The summed E-state index contributed by atoms with van der Waals surface area (Å²) < 4.78 is 6.23. The smallest absolute Gasteiger partial charge is 0.271 e. The molecule has 0 saturated carbocycles. The van der Waals surface area contributed by atoms with Gasteiger partial charge < -0.3 is 4.42 Å². The highest BCUT2D eigenvalue weighted by molar-refractivity contribution is 9.10. The van der Waals surface area contributed by atoms with Crippen molar-refractivity contribution in [1.29, 1.82) is 0 Å². The van der Waals surface area contributed by atoms with Crippen LogP contribution in [0.15, 0.2) is 50.4 Å². The molecule has 1 aromatic heterocycles. The van der Waals surface area contributed by atoms with Crippen LogP contribution < -0.4 is 5.43 Å². The van der Waals surface area contributed by atoms with Crippen molar-refractivity contribution in [3.8, 4) is 0 Å². The van der Waals surface area contributed by atoms with E-state index in [2.05, 4.69) is 26.5 Å². The lowest BCUT2D eigenvalue weighted by Gasteiger charge is -1.97. The zero-order valence-corrected chi connectivity index (χ0v) is 11.3. The Hall–Kier alpha value is -1.88. The number of nitrogens with zero attached hydrogens (tertiary/aromatic N) is 1. The van der Waals surface area contributed by atoms with Gasteiger partial charge in [0.25, 0.3) is 5.91 Å². The number of hydrogen-bond donors (Lipinski definition) is 1. The van der Waals surface area contributed by atoms with Crippen molar-refractivity contribution >= 4 is 28.1 Å². The summed E-state index contributed by atoms with van der Waals surface area (Å²) in [6.07, 6.45) is 1.46. The molecule has 0 radical (unpaired) electrons. The van der Waals surface area contributed by atoms with Gasteiger partial charge in [0.05, 0.1) is 10.7 Å². The SMILES string of the molecule is Cc1oc(/C=N/NC(=O)c2ccccc2)cc1Br. The number of aryl methyl sites for hydroxylation is 1. The first-order valence-corrected chi connectivity index (χ1v) is 6.10. The van der Waals surface area contributed by atoms with E-state index in [9.17, 15) is 4.79 Å². The van der Waals surface area contributed by atoms with Gasteiger partial charge in [0.2, 0.25) is 0 Å². The van der Waals surface area contributed by atoms with Gasteiger partial charge in [-0.25, -0.2) is 5.43 Å². The molecule has 0 spiro atoms. The minimum atomic E-state index is -0.255. The van der Waals surface area contributed by atoms with Gasteiger partial charge in [0.15, 0.2) is 0 Å². The summed E-state index contributed by atoms with van der Waals surface area (Å²) in [6.45, 7) is 1.84. The highest BCUT2D eigenvalue weighted by Gasteiger charge is 2.03. The number of nitrogens with one attached hydrogen (secondary N) is 1. The Labute approximate surface area is 113 Å². The van der Waals surface area contributed by atoms with Crippen molar-refractivity contribution in [2.24, 2.45) is 5.10 Å². The number of benzene rings is 1. The number of amides is 1. The molecular weight excluding hydrogens is 296 g/mol. The van der Waals surface area contributed by atoms with Gasteiger partial charge in [-0.05, 0) is 35.0 Å². The maximum absolute atomic E-state index is 11.6. The fraction of sp³-hybridized carbons (Fsp3) is 0.0769. The molecule has 0 unspecified atom stereocenters. The number of carbonyl (C=O) groups is 1. The topological polar surface area (TPSA) is 54.6 Å². The van der Waals surface area contributed by atoms with Crippen LogP contribution in [0.2, 0.25) is 0 Å². The largest absolute Gasteiger partial charge is 0.459 e. The quantitative estimate of drug-likeness (QED) is 0.699. The van der Waals surface area contributed by atoms with Crippen molar-refractivity contribution < 1.29 is 9.21 Å². The van der Waals surface area contributed by atoms with Crippen LogP contribution in [0.5, 0.6) is 0 Å². The summed E-state index contributed by atoms with van der Waals surface area (Å²) in [6, 6.07) is 10.7. The Morgan fingerprint density at radius 1 is 1.39 bits per heavy atom. The summed E-state index contributed by atoms with van der Waals surface area (Å²) in [5, 5.41) is 3.83. The Balaban J connectivity index is 1.98. The minimum Gasteiger partial charge on any atom is -0.459 e. The first-order valence-electron chi connectivity index (χ1n) is 5.31. The van der Waals surface area contributed by atoms with Gasteiger partial charge >= 0.3 is 0 Å². The highest BCUT2D eigenvalue weighted by atomic mass is 79.9. The van der Waals surface area contributed by atoms with Gasteiger partial charge in [0.1, 0.15) is 11.5 Å². The second kappa shape index (κ2) is 5.64. The van der Waals surface area contributed by atoms with E-state index in [1.54, 1.807) is 30.3 Å². The number of hydrogen-bond acceptors (Lipinski definition) is 3. The van der Waals surface area contributed by atoms with Gasteiger partial charge in [-0.1, -0.05) is 18.2 Å². The molecule has 2 aromatic rings. The number of hydrazone groups is 1. The molecule has 1 amide bonds. The number of halogens is 1. The molecule has 0 fully saturated rings. The van der Waals surface area contributed by atoms with Crippen LogP contribution in [0.4, 0.5) is 0 Å². The third kappa shape index (κ3) is 3.07. The maximum atomic E-state index is 11.6. The fourth-order valence-electron chi connectivity index (χ4n) is 1.35. The van der Waals surface area contributed by atoms with E-state index >= 15 is 0 Å². The first-order chi connectivity index (χ1) is 8.66. The van der Waals surface area contributed by atoms with Crippen LogP contribution in [-0.4, -0.2) is 12.1 Å². The second-order valence-electron chi connectivity index (χ2n) is 3.62. The predicted molar refractivity (Wildman–Crippen MR) is 72.6 cm³/mol. The minimum absolute atomic E-state index is 0.255. The van der Waals surface area contributed by atoms with E-state index in [0.29, 0.717) is 11.3 Å². The van der Waals surface area contributed by atoms with Gasteiger partial charge in [-0.3, -0.25) is 4.79 Å². The number of rotatable bonds is 3. The highest BCUT2D eigenvalue weighted by Crippen LogP contribution is 2.18. The van der Waals surface area contributed by atoms with Crippen LogP contribution in [0.25, 0.3) is 0 Å². The van der Waals surface area contributed by atoms with Crippen molar-refractivity contribution in [3.63, 3.8) is 0 Å². The van der Waals surface area contributed by atoms with Gasteiger partial charge in [-0.2, -0.15) is 5.10 Å². The number of carbonyl (C=O) groups excluding carboxylic acids is 1. The molecule has 0 atom stereocenters. The number of furan rings is 1. The molecule has 92 valence electrons. The van der Waals surface area contributed by atoms with Gasteiger partial charge in [0, 0.05) is 11.6 Å². The Kier molecular flexibility index (Phi) is 3.94.